The smallest absolute Gasteiger partial charge is 0.408 e. The number of carbonyl (C=O) groups is 4. The molecule has 0 saturated carbocycles. The Morgan fingerprint density at radius 1 is 0.732 bits per heavy atom. The van der Waals surface area contributed by atoms with Crippen LogP contribution in [0.5, 0.6) is 0 Å². The number of carbonyl (C=O) groups excluding carboxylic acids is 4. The first kappa shape index (κ1) is 41.5. The third kappa shape index (κ3) is 11.9. The van der Waals surface area contributed by atoms with E-state index in [1.165, 1.54) is 0 Å². The van der Waals surface area contributed by atoms with Gasteiger partial charge in [0.25, 0.3) is 0 Å². The van der Waals surface area contributed by atoms with Crippen molar-refractivity contribution < 1.29 is 29.0 Å². The lowest BCUT2D eigenvalue weighted by molar-refractivity contribution is -0.131. The zero-order chi connectivity index (χ0) is 40.0. The third-order valence-corrected chi connectivity index (χ3v) is 10.1. The Labute approximate surface area is 329 Å². The maximum absolute atomic E-state index is 14.4. The van der Waals surface area contributed by atoms with Gasteiger partial charge in [0.15, 0.2) is 0 Å². The van der Waals surface area contributed by atoms with E-state index in [9.17, 15) is 24.3 Å². The van der Waals surface area contributed by atoms with Gasteiger partial charge in [-0.05, 0) is 51.8 Å². The molecule has 5 aromatic rings. The summed E-state index contributed by atoms with van der Waals surface area (Å²) in [5.41, 5.74) is 3.30. The Balaban J connectivity index is 1.41. The highest BCUT2D eigenvalue weighted by Crippen LogP contribution is 2.22. The van der Waals surface area contributed by atoms with Crippen LogP contribution in [0.15, 0.2) is 103 Å². The van der Waals surface area contributed by atoms with Gasteiger partial charge in [-0.2, -0.15) is 0 Å². The summed E-state index contributed by atoms with van der Waals surface area (Å²) in [6.45, 7) is 8.54. The molecular formula is C45H55N5O6. The molecule has 0 aliphatic carbocycles. The van der Waals surface area contributed by atoms with Crippen molar-refractivity contribution in [1.82, 2.24) is 26.3 Å². The molecule has 0 saturated heterocycles. The molecule has 5 atom stereocenters. The largest absolute Gasteiger partial charge is 0.445 e. The quantitative estimate of drug-likeness (QED) is 0.0577. The molecule has 0 fully saturated rings. The summed E-state index contributed by atoms with van der Waals surface area (Å²) in [7, 11) is 0. The van der Waals surface area contributed by atoms with Crippen molar-refractivity contribution in [2.24, 2.45) is 11.8 Å². The summed E-state index contributed by atoms with van der Waals surface area (Å²) in [5, 5.41) is 25.7. The van der Waals surface area contributed by atoms with Crippen molar-refractivity contribution in [2.75, 3.05) is 6.54 Å². The van der Waals surface area contributed by atoms with Gasteiger partial charge in [-0.25, -0.2) is 4.79 Å². The molecular weight excluding hydrogens is 707 g/mol. The van der Waals surface area contributed by atoms with Gasteiger partial charge in [0.2, 0.25) is 17.7 Å². The first-order valence-electron chi connectivity index (χ1n) is 19.5. The summed E-state index contributed by atoms with van der Waals surface area (Å²) in [6, 6.07) is 27.5. The van der Waals surface area contributed by atoms with E-state index in [1.807, 2.05) is 131 Å². The van der Waals surface area contributed by atoms with E-state index >= 15 is 0 Å². The van der Waals surface area contributed by atoms with E-state index in [-0.39, 0.29) is 37.7 Å². The van der Waals surface area contributed by atoms with Gasteiger partial charge in [0.1, 0.15) is 18.7 Å². The predicted molar refractivity (Wildman–Crippen MR) is 220 cm³/mol. The molecule has 11 heteroatoms. The monoisotopic (exact) mass is 761 g/mol. The van der Waals surface area contributed by atoms with Crippen molar-refractivity contribution >= 4 is 45.5 Å². The van der Waals surface area contributed by atoms with Crippen molar-refractivity contribution in [3.63, 3.8) is 0 Å². The molecule has 0 bridgehead atoms. The Hall–Kier alpha value is -5.68. The molecule has 0 spiro atoms. The van der Waals surface area contributed by atoms with Gasteiger partial charge in [-0.15, -0.1) is 0 Å². The fraction of sp³-hybridized carbons (Fsp3) is 0.378. The lowest BCUT2D eigenvalue weighted by Gasteiger charge is -2.29. The molecule has 4 aromatic carbocycles. The van der Waals surface area contributed by atoms with Crippen molar-refractivity contribution in [2.45, 2.75) is 90.6 Å². The number of hydrogen-bond acceptors (Lipinski definition) is 6. The topological polar surface area (TPSA) is 162 Å². The molecule has 1 aromatic heterocycles. The molecule has 0 aliphatic heterocycles. The van der Waals surface area contributed by atoms with Crippen LogP contribution in [-0.2, 0) is 38.6 Å². The standard InChI is InChI=1S/C45H55N5O6/c1-5-30(4)26-47-42(52)25-41(51)38(22-29(2)3)48-43(53)39(24-34-27-46-37-21-12-11-20-36(34)37)49-44(54)40(50-45(55)56-28-31-14-7-6-8-15-31)23-33-18-13-17-32-16-9-10-19-35(32)33/h6-21,27,29-30,38-41,46,51H,5,22-26,28H2,1-4H3,(H,47,52)(H,48,53)(H,49,54)(H,50,55)/t30?,38?,39-,40-,41?/m0/s1. The number of ether oxygens (including phenoxy) is 1. The molecule has 296 valence electrons. The molecule has 4 amide bonds. The first-order chi connectivity index (χ1) is 27.0. The van der Waals surface area contributed by atoms with Gasteiger partial charge in [0, 0.05) is 36.5 Å². The number of aliphatic hydroxyl groups excluding tert-OH is 1. The molecule has 11 nitrogen and oxygen atoms in total. The highest BCUT2D eigenvalue weighted by Gasteiger charge is 2.32. The molecule has 6 N–H and O–H groups in total. The number of hydrogen-bond donors (Lipinski definition) is 6. The van der Waals surface area contributed by atoms with Crippen molar-refractivity contribution in [1.29, 1.82) is 0 Å². The number of amides is 4. The summed E-state index contributed by atoms with van der Waals surface area (Å²) >= 11 is 0. The van der Waals surface area contributed by atoms with Crippen LogP contribution in [0.4, 0.5) is 4.79 Å². The second-order valence-corrected chi connectivity index (χ2v) is 15.1. The number of alkyl carbamates (subject to hydrolysis) is 1. The Bertz CT molecular complexity index is 2060. The number of aromatic nitrogens is 1. The van der Waals surface area contributed by atoms with Gasteiger partial charge in [-0.3, -0.25) is 14.4 Å². The van der Waals surface area contributed by atoms with E-state index in [4.69, 9.17) is 4.74 Å². The number of rotatable bonds is 19. The van der Waals surface area contributed by atoms with Crippen LogP contribution in [0.3, 0.4) is 0 Å². The minimum absolute atomic E-state index is 0.0100. The fourth-order valence-electron chi connectivity index (χ4n) is 6.75. The lowest BCUT2D eigenvalue weighted by Crippen LogP contribution is -2.57. The van der Waals surface area contributed by atoms with E-state index < -0.39 is 42.1 Å². The van der Waals surface area contributed by atoms with Crippen LogP contribution in [0.2, 0.25) is 0 Å². The van der Waals surface area contributed by atoms with Crippen LogP contribution in [0, 0.1) is 11.8 Å². The molecule has 5 rings (SSSR count). The van der Waals surface area contributed by atoms with Crippen molar-refractivity contribution in [3.8, 4) is 0 Å². The fourth-order valence-corrected chi connectivity index (χ4v) is 6.75. The Morgan fingerprint density at radius 3 is 2.12 bits per heavy atom. The van der Waals surface area contributed by atoms with Gasteiger partial charge >= 0.3 is 6.09 Å². The van der Waals surface area contributed by atoms with Crippen LogP contribution < -0.4 is 21.3 Å². The molecule has 1 heterocycles. The van der Waals surface area contributed by atoms with Crippen LogP contribution in [0.1, 0.15) is 63.6 Å². The number of aromatic amines is 1. The minimum atomic E-state index is -1.16. The minimum Gasteiger partial charge on any atom is -0.445 e. The molecule has 0 aliphatic rings. The van der Waals surface area contributed by atoms with E-state index in [0.717, 1.165) is 44.8 Å². The molecule has 56 heavy (non-hydrogen) atoms. The zero-order valence-electron chi connectivity index (χ0n) is 32.7. The number of benzene rings is 4. The molecule has 0 radical (unpaired) electrons. The Kier molecular flexibility index (Phi) is 15.0. The lowest BCUT2D eigenvalue weighted by atomic mass is 9.95. The summed E-state index contributed by atoms with van der Waals surface area (Å²) in [5.74, 6) is -1.04. The maximum Gasteiger partial charge on any atom is 0.408 e. The highest BCUT2D eigenvalue weighted by atomic mass is 16.5. The SMILES string of the molecule is CCC(C)CNC(=O)CC(O)C(CC(C)C)NC(=O)[C@H](Cc1c[nH]c2ccccc12)NC(=O)[C@H](Cc1cccc2ccccc12)NC(=O)OCc1ccccc1. The highest BCUT2D eigenvalue weighted by molar-refractivity contribution is 5.93. The summed E-state index contributed by atoms with van der Waals surface area (Å²) in [6.07, 6.45) is 1.23. The van der Waals surface area contributed by atoms with Crippen LogP contribution in [-0.4, -0.2) is 64.7 Å². The number of nitrogens with one attached hydrogen (secondary N) is 5. The van der Waals surface area contributed by atoms with Crippen LogP contribution in [0.25, 0.3) is 21.7 Å². The van der Waals surface area contributed by atoms with Crippen LogP contribution >= 0.6 is 0 Å². The van der Waals surface area contributed by atoms with Crippen molar-refractivity contribution in [3.05, 3.63) is 120 Å². The third-order valence-electron chi connectivity index (χ3n) is 10.1. The Morgan fingerprint density at radius 2 is 1.38 bits per heavy atom. The van der Waals surface area contributed by atoms with Gasteiger partial charge in [0.05, 0.1) is 18.6 Å². The van der Waals surface area contributed by atoms with E-state index in [1.54, 1.807) is 0 Å². The van der Waals surface area contributed by atoms with E-state index in [0.29, 0.717) is 18.9 Å². The average Bonchev–Trinajstić information content (AvgIpc) is 3.61. The van der Waals surface area contributed by atoms with Gasteiger partial charge in [-0.1, -0.05) is 125 Å². The number of para-hydroxylation sites is 1. The number of aliphatic hydroxyl groups is 1. The maximum atomic E-state index is 14.4. The number of H-pyrrole nitrogens is 1. The predicted octanol–water partition coefficient (Wildman–Crippen LogP) is 6.33. The second-order valence-electron chi connectivity index (χ2n) is 15.1. The second kappa shape index (κ2) is 20.3. The summed E-state index contributed by atoms with van der Waals surface area (Å²) < 4.78 is 5.53. The normalized spacial score (nSPS) is 14.0. The van der Waals surface area contributed by atoms with Gasteiger partial charge < -0.3 is 36.1 Å². The zero-order valence-corrected chi connectivity index (χ0v) is 32.7. The average molecular weight is 762 g/mol. The summed E-state index contributed by atoms with van der Waals surface area (Å²) in [4.78, 5) is 58.1. The first-order valence-corrected chi connectivity index (χ1v) is 19.5. The molecule has 3 unspecified atom stereocenters. The van der Waals surface area contributed by atoms with E-state index in [2.05, 4.69) is 26.3 Å². The number of fused-ring (bicyclic) bond motifs is 2.